The van der Waals surface area contributed by atoms with E-state index in [2.05, 4.69) is 6.07 Å². The quantitative estimate of drug-likeness (QED) is 0.627. The normalized spacial score (nSPS) is 13.0. The number of carbonyl (C=O) groups is 1. The Morgan fingerprint density at radius 2 is 2.00 bits per heavy atom. The lowest BCUT2D eigenvalue weighted by Gasteiger charge is -2.23. The van der Waals surface area contributed by atoms with Gasteiger partial charge in [-0.15, -0.1) is 0 Å². The summed E-state index contributed by atoms with van der Waals surface area (Å²) in [6, 6.07) is 16.3. The summed E-state index contributed by atoms with van der Waals surface area (Å²) >= 11 is 0. The van der Waals surface area contributed by atoms with E-state index in [1.54, 1.807) is 30.3 Å². The molecule has 5 heteroatoms. The zero-order valence-corrected chi connectivity index (χ0v) is 16.0. The number of nitriles is 1. The van der Waals surface area contributed by atoms with Gasteiger partial charge >= 0.3 is 0 Å². The van der Waals surface area contributed by atoms with Crippen LogP contribution in [0.3, 0.4) is 0 Å². The molecule has 3 rings (SSSR count). The molecule has 0 unspecified atom stereocenters. The maximum absolute atomic E-state index is 12.7. The monoisotopic (exact) mass is 378 g/mol. The summed E-state index contributed by atoms with van der Waals surface area (Å²) in [5, 5.41) is 18.6. The third kappa shape index (κ3) is 6.31. The molecule has 28 heavy (non-hydrogen) atoms. The molecule has 2 aromatic rings. The molecule has 1 saturated carbocycles. The van der Waals surface area contributed by atoms with Crippen molar-refractivity contribution < 1.29 is 14.6 Å². The molecule has 1 fully saturated rings. The van der Waals surface area contributed by atoms with Crippen LogP contribution in [0.5, 0.6) is 11.5 Å². The van der Waals surface area contributed by atoms with E-state index >= 15 is 0 Å². The zero-order chi connectivity index (χ0) is 19.8. The van der Waals surface area contributed by atoms with E-state index in [4.69, 9.17) is 10.00 Å². The number of rotatable bonds is 10. The first kappa shape index (κ1) is 19.8. The zero-order valence-electron chi connectivity index (χ0n) is 16.0. The minimum Gasteiger partial charge on any atom is -0.508 e. The predicted molar refractivity (Wildman–Crippen MR) is 107 cm³/mol. The van der Waals surface area contributed by atoms with Crippen molar-refractivity contribution in [1.29, 1.82) is 5.26 Å². The van der Waals surface area contributed by atoms with Crippen molar-refractivity contribution in [2.24, 2.45) is 5.92 Å². The molecule has 0 aliphatic heterocycles. The lowest BCUT2D eigenvalue weighted by molar-refractivity contribution is -0.132. The highest BCUT2D eigenvalue weighted by Gasteiger charge is 2.26. The minimum absolute atomic E-state index is 0.154. The van der Waals surface area contributed by atoms with Gasteiger partial charge in [0.05, 0.1) is 18.2 Å². The molecule has 1 N–H and O–H groups in total. The molecule has 0 bridgehead atoms. The average Bonchev–Trinajstić information content (AvgIpc) is 3.51. The van der Waals surface area contributed by atoms with E-state index in [-0.39, 0.29) is 11.7 Å². The number of aromatic hydroxyl groups is 1. The Bertz CT molecular complexity index is 840. The van der Waals surface area contributed by atoms with Crippen molar-refractivity contribution in [3.63, 3.8) is 0 Å². The van der Waals surface area contributed by atoms with Crippen LogP contribution in [-0.2, 0) is 11.3 Å². The fourth-order valence-corrected chi connectivity index (χ4v) is 3.12. The van der Waals surface area contributed by atoms with Crippen LogP contribution in [-0.4, -0.2) is 29.1 Å². The predicted octanol–water partition coefficient (Wildman–Crippen LogP) is 4.25. The third-order valence-electron chi connectivity index (χ3n) is 4.83. The average molecular weight is 378 g/mol. The smallest absolute Gasteiger partial charge is 0.222 e. The Morgan fingerprint density at radius 1 is 1.18 bits per heavy atom. The molecule has 0 spiro atoms. The Morgan fingerprint density at radius 3 is 2.75 bits per heavy atom. The standard InChI is InChI=1S/C23H26N2O3/c24-15-19-5-4-8-22(14-19)28-12-2-1-9-23(27)25(16-18-10-11-18)17-20-6-3-7-21(26)13-20/h3-8,13-14,18,26H,1-2,9-12,16-17H2. The first-order chi connectivity index (χ1) is 13.6. The van der Waals surface area contributed by atoms with Crippen molar-refractivity contribution >= 4 is 5.91 Å². The van der Waals surface area contributed by atoms with Gasteiger partial charge in [-0.3, -0.25) is 4.79 Å². The van der Waals surface area contributed by atoms with Crippen molar-refractivity contribution in [3.05, 3.63) is 59.7 Å². The molecular weight excluding hydrogens is 352 g/mol. The number of unbranched alkanes of at least 4 members (excludes halogenated alkanes) is 1. The molecule has 1 amide bonds. The van der Waals surface area contributed by atoms with E-state index < -0.39 is 0 Å². The Kier molecular flexibility index (Phi) is 6.91. The van der Waals surface area contributed by atoms with Gasteiger partial charge in [0.15, 0.2) is 0 Å². The van der Waals surface area contributed by atoms with Gasteiger partial charge in [0, 0.05) is 19.5 Å². The fraction of sp³-hybridized carbons (Fsp3) is 0.391. The molecule has 0 heterocycles. The Hall–Kier alpha value is -3.00. The van der Waals surface area contributed by atoms with Crippen LogP contribution in [0.1, 0.15) is 43.2 Å². The van der Waals surface area contributed by atoms with Gasteiger partial charge in [-0.25, -0.2) is 0 Å². The van der Waals surface area contributed by atoms with Crippen LogP contribution in [0.2, 0.25) is 0 Å². The molecule has 146 valence electrons. The van der Waals surface area contributed by atoms with Crippen LogP contribution in [0.4, 0.5) is 0 Å². The maximum Gasteiger partial charge on any atom is 0.222 e. The van der Waals surface area contributed by atoms with Crippen LogP contribution in [0.25, 0.3) is 0 Å². The largest absolute Gasteiger partial charge is 0.508 e. The second-order valence-electron chi connectivity index (χ2n) is 7.33. The fourth-order valence-electron chi connectivity index (χ4n) is 3.12. The number of amides is 1. The number of phenols is 1. The van der Waals surface area contributed by atoms with E-state index in [9.17, 15) is 9.90 Å². The molecule has 1 aliphatic rings. The van der Waals surface area contributed by atoms with Crippen molar-refractivity contribution in [3.8, 4) is 17.6 Å². The number of ether oxygens (including phenoxy) is 1. The Balaban J connectivity index is 1.43. The summed E-state index contributed by atoms with van der Waals surface area (Å²) in [6.07, 6.45) is 4.43. The molecule has 5 nitrogen and oxygen atoms in total. The molecule has 0 atom stereocenters. The summed E-state index contributed by atoms with van der Waals surface area (Å²) in [5.41, 5.74) is 1.53. The van der Waals surface area contributed by atoms with Gasteiger partial charge in [-0.1, -0.05) is 18.2 Å². The molecule has 2 aromatic carbocycles. The molecular formula is C23H26N2O3. The van der Waals surface area contributed by atoms with E-state index in [0.29, 0.717) is 36.8 Å². The maximum atomic E-state index is 12.7. The van der Waals surface area contributed by atoms with Gasteiger partial charge in [0.1, 0.15) is 11.5 Å². The highest BCUT2D eigenvalue weighted by molar-refractivity contribution is 5.76. The number of nitrogens with zero attached hydrogens (tertiary/aromatic N) is 2. The molecule has 0 radical (unpaired) electrons. The summed E-state index contributed by atoms with van der Waals surface area (Å²) in [4.78, 5) is 14.6. The van der Waals surface area contributed by atoms with E-state index in [1.165, 1.54) is 12.8 Å². The van der Waals surface area contributed by atoms with Gasteiger partial charge in [-0.05, 0) is 67.5 Å². The van der Waals surface area contributed by atoms with Crippen LogP contribution < -0.4 is 4.74 Å². The number of hydrogen-bond donors (Lipinski definition) is 1. The Labute approximate surface area is 166 Å². The van der Waals surface area contributed by atoms with E-state index in [1.807, 2.05) is 23.1 Å². The number of carbonyl (C=O) groups excluding carboxylic acids is 1. The van der Waals surface area contributed by atoms with Crippen LogP contribution >= 0.6 is 0 Å². The van der Waals surface area contributed by atoms with Crippen LogP contribution in [0, 0.1) is 17.2 Å². The van der Waals surface area contributed by atoms with Gasteiger partial charge in [-0.2, -0.15) is 5.26 Å². The van der Waals surface area contributed by atoms with Crippen molar-refractivity contribution in [2.75, 3.05) is 13.2 Å². The van der Waals surface area contributed by atoms with Crippen LogP contribution in [0.15, 0.2) is 48.5 Å². The summed E-state index contributed by atoms with van der Waals surface area (Å²) in [7, 11) is 0. The molecule has 0 aromatic heterocycles. The highest BCUT2D eigenvalue weighted by atomic mass is 16.5. The first-order valence-electron chi connectivity index (χ1n) is 9.82. The number of phenolic OH excluding ortho intramolecular Hbond substituents is 1. The summed E-state index contributed by atoms with van der Waals surface area (Å²) in [5.74, 6) is 1.69. The minimum atomic E-state index is 0.154. The van der Waals surface area contributed by atoms with Gasteiger partial charge in [0.25, 0.3) is 0 Å². The van der Waals surface area contributed by atoms with Gasteiger partial charge in [0.2, 0.25) is 5.91 Å². The number of benzene rings is 2. The van der Waals surface area contributed by atoms with Gasteiger partial charge < -0.3 is 14.7 Å². The van der Waals surface area contributed by atoms with Crippen molar-refractivity contribution in [2.45, 2.75) is 38.6 Å². The summed E-state index contributed by atoms with van der Waals surface area (Å²) < 4.78 is 5.67. The lowest BCUT2D eigenvalue weighted by atomic mass is 10.1. The van der Waals surface area contributed by atoms with E-state index in [0.717, 1.165) is 24.9 Å². The SMILES string of the molecule is N#Cc1cccc(OCCCCC(=O)N(Cc2cccc(O)c2)CC2CC2)c1. The first-order valence-corrected chi connectivity index (χ1v) is 9.82. The topological polar surface area (TPSA) is 73.6 Å². The number of hydrogen-bond acceptors (Lipinski definition) is 4. The highest BCUT2D eigenvalue weighted by Crippen LogP contribution is 2.30. The van der Waals surface area contributed by atoms with Crippen molar-refractivity contribution in [1.82, 2.24) is 4.90 Å². The molecule has 1 aliphatic carbocycles. The second-order valence-corrected chi connectivity index (χ2v) is 7.33. The third-order valence-corrected chi connectivity index (χ3v) is 4.83. The summed E-state index contributed by atoms with van der Waals surface area (Å²) in [6.45, 7) is 1.87. The second kappa shape index (κ2) is 9.80. The lowest BCUT2D eigenvalue weighted by Crippen LogP contribution is -2.32. The molecule has 0 saturated heterocycles.